The van der Waals surface area contributed by atoms with Gasteiger partial charge in [-0.2, -0.15) is 5.10 Å². The van der Waals surface area contributed by atoms with Gasteiger partial charge < -0.3 is 9.88 Å². The maximum absolute atomic E-state index is 11.3. The second kappa shape index (κ2) is 4.42. The van der Waals surface area contributed by atoms with E-state index in [0.29, 0.717) is 0 Å². The molecular weight excluding hydrogens is 228 g/mol. The molecule has 0 aromatic carbocycles. The quantitative estimate of drug-likeness (QED) is 0.816. The van der Waals surface area contributed by atoms with Crippen LogP contribution in [0.1, 0.15) is 12.1 Å². The van der Waals surface area contributed by atoms with Gasteiger partial charge in [0.2, 0.25) is 5.56 Å². The summed E-state index contributed by atoms with van der Waals surface area (Å²) in [6, 6.07) is 7.21. The Morgan fingerprint density at radius 3 is 3.06 bits per heavy atom. The highest BCUT2D eigenvalue weighted by Crippen LogP contribution is 2.18. The molecule has 5 nitrogen and oxygen atoms in total. The van der Waals surface area contributed by atoms with Crippen LogP contribution < -0.4 is 5.56 Å². The van der Waals surface area contributed by atoms with Crippen LogP contribution in [0.15, 0.2) is 29.1 Å². The van der Waals surface area contributed by atoms with Gasteiger partial charge in [-0.15, -0.1) is 0 Å². The first-order valence-corrected chi connectivity index (χ1v) is 6.17. The van der Waals surface area contributed by atoms with E-state index in [1.165, 1.54) is 11.8 Å². The zero-order valence-electron chi connectivity index (χ0n) is 10.4. The number of nitrogens with one attached hydrogen (secondary N) is 1. The third-order valence-corrected chi connectivity index (χ3v) is 3.25. The number of fused-ring (bicyclic) bond motifs is 1. The van der Waals surface area contributed by atoms with Crippen molar-refractivity contribution in [2.24, 2.45) is 0 Å². The fourth-order valence-corrected chi connectivity index (χ4v) is 2.35. The number of hydrogen-bond donors (Lipinski definition) is 1. The van der Waals surface area contributed by atoms with Crippen molar-refractivity contribution >= 4 is 0 Å². The molecule has 0 fully saturated rings. The van der Waals surface area contributed by atoms with E-state index in [0.717, 1.165) is 37.4 Å². The van der Waals surface area contributed by atoms with E-state index in [1.54, 1.807) is 6.07 Å². The van der Waals surface area contributed by atoms with Gasteiger partial charge >= 0.3 is 0 Å². The smallest absolute Gasteiger partial charge is 0.248 e. The van der Waals surface area contributed by atoms with Crippen LogP contribution in [0, 0.1) is 0 Å². The van der Waals surface area contributed by atoms with Gasteiger partial charge in [-0.05, 0) is 25.6 Å². The van der Waals surface area contributed by atoms with Crippen LogP contribution in [0.5, 0.6) is 0 Å². The first-order valence-electron chi connectivity index (χ1n) is 6.17. The Hall–Kier alpha value is -1.88. The molecule has 0 spiro atoms. The molecule has 3 rings (SSSR count). The summed E-state index contributed by atoms with van der Waals surface area (Å²) in [6.07, 6.45) is 1.11. The molecule has 0 saturated carbocycles. The SMILES string of the molecule is CN1CCCn2nc(-c3cccc(=O)[nH]3)cc2C1. The zero-order valence-corrected chi connectivity index (χ0v) is 10.4. The molecule has 0 bridgehead atoms. The van der Waals surface area contributed by atoms with Crippen molar-refractivity contribution in [2.45, 2.75) is 19.5 Å². The van der Waals surface area contributed by atoms with Crippen molar-refractivity contribution in [3.05, 3.63) is 40.3 Å². The van der Waals surface area contributed by atoms with Gasteiger partial charge in [0.05, 0.1) is 11.4 Å². The summed E-state index contributed by atoms with van der Waals surface area (Å²) in [5.74, 6) is 0. The maximum Gasteiger partial charge on any atom is 0.248 e. The summed E-state index contributed by atoms with van der Waals surface area (Å²) in [6.45, 7) is 2.95. The first-order chi connectivity index (χ1) is 8.72. The van der Waals surface area contributed by atoms with E-state index < -0.39 is 0 Å². The van der Waals surface area contributed by atoms with Crippen LogP contribution in [0.25, 0.3) is 11.4 Å². The van der Waals surface area contributed by atoms with Crippen LogP contribution in [0.2, 0.25) is 0 Å². The summed E-state index contributed by atoms with van der Waals surface area (Å²) in [4.78, 5) is 16.4. The van der Waals surface area contributed by atoms with Gasteiger partial charge in [-0.3, -0.25) is 9.48 Å². The van der Waals surface area contributed by atoms with Crippen molar-refractivity contribution in [1.82, 2.24) is 19.7 Å². The highest BCUT2D eigenvalue weighted by molar-refractivity contribution is 5.53. The van der Waals surface area contributed by atoms with E-state index in [1.807, 2.05) is 10.7 Å². The van der Waals surface area contributed by atoms with E-state index in [-0.39, 0.29) is 5.56 Å². The molecule has 18 heavy (non-hydrogen) atoms. The summed E-state index contributed by atoms with van der Waals surface area (Å²) in [5, 5.41) is 4.58. The molecule has 1 aliphatic heterocycles. The molecule has 2 aromatic heterocycles. The van der Waals surface area contributed by atoms with Crippen LogP contribution in [0.3, 0.4) is 0 Å². The molecule has 1 N–H and O–H groups in total. The summed E-state index contributed by atoms with van der Waals surface area (Å²) >= 11 is 0. The van der Waals surface area contributed by atoms with E-state index in [2.05, 4.69) is 28.1 Å². The van der Waals surface area contributed by atoms with E-state index in [9.17, 15) is 4.79 Å². The molecule has 0 saturated heterocycles. The second-order valence-electron chi connectivity index (χ2n) is 4.76. The van der Waals surface area contributed by atoms with Crippen molar-refractivity contribution < 1.29 is 0 Å². The average Bonchev–Trinajstić information content (AvgIpc) is 2.65. The number of aromatic amines is 1. The predicted octanol–water partition coefficient (Wildman–Crippen LogP) is 1.07. The number of H-pyrrole nitrogens is 1. The number of nitrogens with zero attached hydrogens (tertiary/aromatic N) is 3. The number of pyridine rings is 1. The Kier molecular flexibility index (Phi) is 2.76. The van der Waals surface area contributed by atoms with Gasteiger partial charge in [-0.25, -0.2) is 0 Å². The molecule has 1 aliphatic rings. The van der Waals surface area contributed by atoms with E-state index in [4.69, 9.17) is 0 Å². The van der Waals surface area contributed by atoms with Crippen LogP contribution >= 0.6 is 0 Å². The Labute approximate surface area is 105 Å². The molecule has 0 atom stereocenters. The highest BCUT2D eigenvalue weighted by Gasteiger charge is 2.14. The molecular formula is C13H16N4O. The highest BCUT2D eigenvalue weighted by atomic mass is 16.1. The van der Waals surface area contributed by atoms with Crippen LogP contribution in [-0.2, 0) is 13.1 Å². The molecule has 0 amide bonds. The minimum Gasteiger partial charge on any atom is -0.321 e. The molecule has 94 valence electrons. The Balaban J connectivity index is 2.00. The van der Waals surface area contributed by atoms with Crippen molar-refractivity contribution in [3.63, 3.8) is 0 Å². The van der Waals surface area contributed by atoms with Gasteiger partial charge in [0.25, 0.3) is 0 Å². The minimum atomic E-state index is -0.0900. The lowest BCUT2D eigenvalue weighted by molar-refractivity contribution is 0.332. The molecule has 3 heterocycles. The third-order valence-electron chi connectivity index (χ3n) is 3.25. The Morgan fingerprint density at radius 1 is 1.33 bits per heavy atom. The lowest BCUT2D eigenvalue weighted by Gasteiger charge is -2.10. The second-order valence-corrected chi connectivity index (χ2v) is 4.76. The Bertz CT molecular complexity index is 613. The molecule has 2 aromatic rings. The van der Waals surface area contributed by atoms with E-state index >= 15 is 0 Å². The number of rotatable bonds is 1. The number of aryl methyl sites for hydroxylation is 1. The summed E-state index contributed by atoms with van der Waals surface area (Å²) in [5.41, 5.74) is 2.74. The predicted molar refractivity (Wildman–Crippen MR) is 69.2 cm³/mol. The summed E-state index contributed by atoms with van der Waals surface area (Å²) in [7, 11) is 2.12. The number of hydrogen-bond acceptors (Lipinski definition) is 3. The Morgan fingerprint density at radius 2 is 2.22 bits per heavy atom. The normalized spacial score (nSPS) is 16.3. The summed E-state index contributed by atoms with van der Waals surface area (Å²) < 4.78 is 2.05. The van der Waals surface area contributed by atoms with Gasteiger partial charge in [0, 0.05) is 25.7 Å². The van der Waals surface area contributed by atoms with Gasteiger partial charge in [-0.1, -0.05) is 6.07 Å². The van der Waals surface area contributed by atoms with Crippen molar-refractivity contribution in [1.29, 1.82) is 0 Å². The fraction of sp³-hybridized carbons (Fsp3) is 0.385. The zero-order chi connectivity index (χ0) is 12.5. The standard InChI is InChI=1S/C13H16N4O/c1-16-6-3-7-17-10(9-16)8-12(15-17)11-4-2-5-13(18)14-11/h2,4-5,8H,3,6-7,9H2,1H3,(H,14,18). The monoisotopic (exact) mass is 244 g/mol. The van der Waals surface area contributed by atoms with Crippen LogP contribution in [-0.4, -0.2) is 33.3 Å². The maximum atomic E-state index is 11.3. The molecule has 5 heteroatoms. The lowest BCUT2D eigenvalue weighted by atomic mass is 10.2. The topological polar surface area (TPSA) is 53.9 Å². The van der Waals surface area contributed by atoms with Crippen molar-refractivity contribution in [2.75, 3.05) is 13.6 Å². The molecule has 0 radical (unpaired) electrons. The largest absolute Gasteiger partial charge is 0.321 e. The minimum absolute atomic E-state index is 0.0900. The van der Waals surface area contributed by atoms with Crippen LogP contribution in [0.4, 0.5) is 0 Å². The molecule has 0 unspecified atom stereocenters. The first kappa shape index (κ1) is 11.2. The lowest BCUT2D eigenvalue weighted by Crippen LogP contribution is -2.16. The van der Waals surface area contributed by atoms with Gasteiger partial charge in [0.1, 0.15) is 5.69 Å². The fourth-order valence-electron chi connectivity index (χ4n) is 2.35. The third kappa shape index (κ3) is 2.09. The molecule has 0 aliphatic carbocycles. The number of aromatic nitrogens is 3. The average molecular weight is 244 g/mol. The van der Waals surface area contributed by atoms with Crippen molar-refractivity contribution in [3.8, 4) is 11.4 Å². The van der Waals surface area contributed by atoms with Gasteiger partial charge in [0.15, 0.2) is 0 Å².